The number of piperazine rings is 1. The van der Waals surface area contributed by atoms with Gasteiger partial charge in [-0.2, -0.15) is 17.0 Å². The van der Waals surface area contributed by atoms with E-state index < -0.39 is 10.2 Å². The Labute approximate surface area is 194 Å². The Morgan fingerprint density at radius 2 is 1.94 bits per heavy atom. The Morgan fingerprint density at radius 3 is 2.67 bits per heavy atom. The summed E-state index contributed by atoms with van der Waals surface area (Å²) in [6.07, 6.45) is 3.28. The molecule has 178 valence electrons. The van der Waals surface area contributed by atoms with Crippen LogP contribution in [0.25, 0.3) is 0 Å². The van der Waals surface area contributed by atoms with Crippen molar-refractivity contribution >= 4 is 16.1 Å². The maximum Gasteiger partial charge on any atom is 0.282 e. The van der Waals surface area contributed by atoms with Crippen molar-refractivity contribution in [2.75, 3.05) is 26.2 Å². The van der Waals surface area contributed by atoms with Crippen LogP contribution in [-0.4, -0.2) is 66.4 Å². The van der Waals surface area contributed by atoms with Crippen LogP contribution in [-0.2, 0) is 10.2 Å². The Bertz CT molecular complexity index is 1090. The number of benzene rings is 1. The molecule has 1 aromatic carbocycles. The van der Waals surface area contributed by atoms with Crippen molar-refractivity contribution in [1.82, 2.24) is 24.4 Å². The van der Waals surface area contributed by atoms with Gasteiger partial charge in [-0.25, -0.2) is 0 Å². The molecular formula is C23H31N5O4S. The van der Waals surface area contributed by atoms with Crippen LogP contribution in [0.2, 0.25) is 0 Å². The summed E-state index contributed by atoms with van der Waals surface area (Å²) in [6, 6.07) is 10.9. The monoisotopic (exact) mass is 473 g/mol. The zero-order valence-electron chi connectivity index (χ0n) is 18.8. The maximum absolute atomic E-state index is 13.7. The predicted molar refractivity (Wildman–Crippen MR) is 123 cm³/mol. The summed E-state index contributed by atoms with van der Waals surface area (Å²) in [4.78, 5) is 12.6. The van der Waals surface area contributed by atoms with Gasteiger partial charge in [0.1, 0.15) is 5.76 Å². The van der Waals surface area contributed by atoms with Gasteiger partial charge in [-0.1, -0.05) is 35.5 Å². The molecule has 3 fully saturated rings. The first-order valence-corrected chi connectivity index (χ1v) is 13.1. The van der Waals surface area contributed by atoms with Crippen LogP contribution >= 0.6 is 0 Å². The summed E-state index contributed by atoms with van der Waals surface area (Å²) in [5.74, 6) is 0.918. The van der Waals surface area contributed by atoms with Gasteiger partial charge >= 0.3 is 0 Å². The number of carbonyl (C=O) groups is 1. The maximum atomic E-state index is 13.7. The van der Waals surface area contributed by atoms with Gasteiger partial charge in [-0.3, -0.25) is 4.79 Å². The van der Waals surface area contributed by atoms with Crippen molar-refractivity contribution < 1.29 is 17.7 Å². The zero-order chi connectivity index (χ0) is 23.0. The standard InChI is InChI=1S/C23H31N5O4S/c1-16-13-19(25-23(29)20-14-22(32-26-20)18-7-8-18)9-11-27(16)33(30,31)28-12-10-24-15-21(28)17-5-3-2-4-6-17/h2-6,14,16,18-19,21,24H,7-13,15H2,1H3,(H,25,29)/t16-,19-,21+/m0/s1. The second-order valence-corrected chi connectivity index (χ2v) is 11.1. The van der Waals surface area contributed by atoms with E-state index in [9.17, 15) is 13.2 Å². The molecule has 5 rings (SSSR count). The summed E-state index contributed by atoms with van der Waals surface area (Å²) in [5.41, 5.74) is 1.28. The van der Waals surface area contributed by atoms with Crippen molar-refractivity contribution in [3.8, 4) is 0 Å². The largest absolute Gasteiger partial charge is 0.360 e. The van der Waals surface area contributed by atoms with Crippen LogP contribution in [0.5, 0.6) is 0 Å². The molecule has 1 saturated carbocycles. The lowest BCUT2D eigenvalue weighted by Gasteiger charge is -2.43. The topological polar surface area (TPSA) is 108 Å². The second-order valence-electron chi connectivity index (χ2n) is 9.29. The number of aromatic nitrogens is 1. The predicted octanol–water partition coefficient (Wildman–Crippen LogP) is 2.03. The molecule has 0 unspecified atom stereocenters. The summed E-state index contributed by atoms with van der Waals surface area (Å²) in [7, 11) is -3.65. The third-order valence-corrected chi connectivity index (χ3v) is 9.03. The van der Waals surface area contributed by atoms with Crippen LogP contribution in [0.1, 0.15) is 66.4 Å². The Kier molecular flexibility index (Phi) is 6.26. The first-order chi connectivity index (χ1) is 15.9. The van der Waals surface area contributed by atoms with E-state index in [1.807, 2.05) is 37.3 Å². The van der Waals surface area contributed by atoms with Crippen molar-refractivity contribution in [1.29, 1.82) is 0 Å². The van der Waals surface area contributed by atoms with Gasteiger partial charge in [0, 0.05) is 50.2 Å². The summed E-state index contributed by atoms with van der Waals surface area (Å²) in [6.45, 7) is 3.93. The SMILES string of the molecule is C[C@H]1C[C@@H](NC(=O)c2cc(C3CC3)on2)CCN1S(=O)(=O)N1CCNC[C@@H]1c1ccccc1. The molecule has 2 aromatic rings. The molecule has 0 bridgehead atoms. The fraction of sp³-hybridized carbons (Fsp3) is 0.565. The molecule has 1 aliphatic carbocycles. The Balaban J connectivity index is 1.24. The van der Waals surface area contributed by atoms with E-state index in [0.29, 0.717) is 50.6 Å². The van der Waals surface area contributed by atoms with E-state index in [1.165, 1.54) is 0 Å². The molecule has 0 spiro atoms. The third-order valence-electron chi connectivity index (χ3n) is 6.86. The number of nitrogens with one attached hydrogen (secondary N) is 2. The van der Waals surface area contributed by atoms with Crippen LogP contribution in [0.4, 0.5) is 0 Å². The zero-order valence-corrected chi connectivity index (χ0v) is 19.6. The van der Waals surface area contributed by atoms with Gasteiger partial charge in [-0.05, 0) is 38.2 Å². The first-order valence-electron chi connectivity index (χ1n) is 11.7. The minimum absolute atomic E-state index is 0.104. The molecule has 33 heavy (non-hydrogen) atoms. The highest BCUT2D eigenvalue weighted by Crippen LogP contribution is 2.40. The second kappa shape index (κ2) is 9.17. The molecule has 9 nitrogen and oxygen atoms in total. The lowest BCUT2D eigenvalue weighted by molar-refractivity contribution is 0.0902. The molecule has 10 heteroatoms. The van der Waals surface area contributed by atoms with Gasteiger partial charge in [0.05, 0.1) is 6.04 Å². The van der Waals surface area contributed by atoms with Crippen LogP contribution in [0.3, 0.4) is 0 Å². The summed E-state index contributed by atoms with van der Waals surface area (Å²) in [5, 5.41) is 10.2. The van der Waals surface area contributed by atoms with Crippen molar-refractivity contribution in [3.05, 3.63) is 53.4 Å². The van der Waals surface area contributed by atoms with Crippen molar-refractivity contribution in [3.63, 3.8) is 0 Å². The number of hydrogen-bond acceptors (Lipinski definition) is 6. The molecule has 1 amide bonds. The van der Waals surface area contributed by atoms with Gasteiger partial charge in [0.15, 0.2) is 5.69 Å². The molecule has 3 atom stereocenters. The van der Waals surface area contributed by atoms with Crippen LogP contribution < -0.4 is 10.6 Å². The highest BCUT2D eigenvalue weighted by atomic mass is 32.2. The first kappa shape index (κ1) is 22.5. The number of carbonyl (C=O) groups excluding carboxylic acids is 1. The fourth-order valence-corrected chi connectivity index (χ4v) is 6.88. The van der Waals surface area contributed by atoms with E-state index in [1.54, 1.807) is 14.7 Å². The molecule has 2 aliphatic heterocycles. The minimum atomic E-state index is -3.65. The molecule has 2 N–H and O–H groups in total. The number of nitrogens with zero attached hydrogens (tertiary/aromatic N) is 3. The van der Waals surface area contributed by atoms with Crippen molar-refractivity contribution in [2.24, 2.45) is 0 Å². The third kappa shape index (κ3) is 4.70. The quantitative estimate of drug-likeness (QED) is 0.665. The van der Waals surface area contributed by atoms with E-state index >= 15 is 0 Å². The lowest BCUT2D eigenvalue weighted by Crippen LogP contribution is -2.58. The highest BCUT2D eigenvalue weighted by molar-refractivity contribution is 7.86. The molecule has 3 aliphatic rings. The van der Waals surface area contributed by atoms with Gasteiger partial charge < -0.3 is 15.2 Å². The number of hydrogen-bond donors (Lipinski definition) is 2. The molecule has 2 saturated heterocycles. The minimum Gasteiger partial charge on any atom is -0.360 e. The van der Waals surface area contributed by atoms with Crippen LogP contribution in [0, 0.1) is 0 Å². The molecular weight excluding hydrogens is 442 g/mol. The van der Waals surface area contributed by atoms with E-state index in [0.717, 1.165) is 24.2 Å². The lowest BCUT2D eigenvalue weighted by atomic mass is 10.0. The van der Waals surface area contributed by atoms with Crippen molar-refractivity contribution in [2.45, 2.75) is 56.7 Å². The normalized spacial score (nSPS) is 27.4. The number of piperidine rings is 1. The molecule has 0 radical (unpaired) electrons. The summed E-state index contributed by atoms with van der Waals surface area (Å²) < 4.78 is 35.9. The fourth-order valence-electron chi connectivity index (χ4n) is 4.90. The van der Waals surface area contributed by atoms with Gasteiger partial charge in [-0.15, -0.1) is 0 Å². The molecule has 3 heterocycles. The smallest absolute Gasteiger partial charge is 0.282 e. The Morgan fingerprint density at radius 1 is 1.15 bits per heavy atom. The van der Waals surface area contributed by atoms with Gasteiger partial charge in [0.2, 0.25) is 0 Å². The summed E-state index contributed by atoms with van der Waals surface area (Å²) >= 11 is 0. The van der Waals surface area contributed by atoms with Gasteiger partial charge in [0.25, 0.3) is 16.1 Å². The highest BCUT2D eigenvalue weighted by Gasteiger charge is 2.41. The van der Waals surface area contributed by atoms with E-state index in [-0.39, 0.29) is 24.0 Å². The average molecular weight is 474 g/mol. The Hall–Kier alpha value is -2.27. The van der Waals surface area contributed by atoms with Crippen LogP contribution in [0.15, 0.2) is 40.9 Å². The average Bonchev–Trinajstić information content (AvgIpc) is 3.55. The van der Waals surface area contributed by atoms with E-state index in [2.05, 4.69) is 15.8 Å². The number of rotatable bonds is 6. The molecule has 1 aromatic heterocycles. The number of amides is 1. The van der Waals surface area contributed by atoms with E-state index in [4.69, 9.17) is 4.52 Å².